The van der Waals surface area contributed by atoms with Gasteiger partial charge in [-0.3, -0.25) is 10.1 Å². The maximum atomic E-state index is 12.2. The van der Waals surface area contributed by atoms with Crippen molar-refractivity contribution in [2.24, 2.45) is 4.99 Å². The average molecular weight is 403 g/mol. The molecule has 0 N–H and O–H groups in total. The third-order valence-corrected chi connectivity index (χ3v) is 4.12. The fourth-order valence-electron chi connectivity index (χ4n) is 2.52. The van der Waals surface area contributed by atoms with E-state index in [-0.39, 0.29) is 27.9 Å². The molecule has 1 aliphatic heterocycles. The predicted molar refractivity (Wildman–Crippen MR) is 103 cm³/mol. The van der Waals surface area contributed by atoms with Crippen LogP contribution in [0.25, 0.3) is 6.08 Å². The number of cyclic esters (lactones) is 1. The zero-order chi connectivity index (χ0) is 20.3. The molecule has 0 unspecified atom stereocenters. The number of nitrogens with zero attached hydrogens (tertiary/aromatic N) is 2. The topological polar surface area (TPSA) is 100 Å². The molecule has 9 heteroatoms. The smallest absolute Gasteiger partial charge is 0.363 e. The fraction of sp³-hybridized carbons (Fsp3) is 0.158. The van der Waals surface area contributed by atoms with Crippen molar-refractivity contribution in [3.63, 3.8) is 0 Å². The Morgan fingerprint density at radius 3 is 2.71 bits per heavy atom. The lowest BCUT2D eigenvalue weighted by Crippen LogP contribution is -2.06. The number of benzene rings is 2. The van der Waals surface area contributed by atoms with Crippen LogP contribution >= 0.6 is 11.6 Å². The monoisotopic (exact) mass is 402 g/mol. The molecule has 2 aromatic rings. The minimum Gasteiger partial charge on any atom is -0.493 e. The number of aliphatic imine (C=N–C) groups is 1. The molecule has 3 rings (SSSR count). The van der Waals surface area contributed by atoms with Crippen LogP contribution in [0.3, 0.4) is 0 Å². The molecule has 0 atom stereocenters. The number of methoxy groups -OCH3 is 1. The van der Waals surface area contributed by atoms with Gasteiger partial charge >= 0.3 is 5.97 Å². The number of nitro groups is 1. The van der Waals surface area contributed by atoms with E-state index in [0.717, 1.165) is 0 Å². The molecule has 0 aromatic heterocycles. The van der Waals surface area contributed by atoms with Crippen LogP contribution in [0.2, 0.25) is 5.02 Å². The molecule has 0 amide bonds. The van der Waals surface area contributed by atoms with E-state index in [1.165, 1.54) is 31.4 Å². The Morgan fingerprint density at radius 1 is 1.25 bits per heavy atom. The molecular weight excluding hydrogens is 388 g/mol. The zero-order valence-corrected chi connectivity index (χ0v) is 15.7. The highest BCUT2D eigenvalue weighted by Crippen LogP contribution is 2.30. The van der Waals surface area contributed by atoms with Gasteiger partial charge in [0.15, 0.2) is 17.2 Å². The van der Waals surface area contributed by atoms with E-state index in [1.807, 2.05) is 6.92 Å². The SMILES string of the molecule is CCOc1ccc(/C=C2\N=C(c3ccc(Cl)c([N+](=O)[O-])c3)OC2=O)cc1OC. The van der Waals surface area contributed by atoms with Crippen molar-refractivity contribution < 1.29 is 23.9 Å². The van der Waals surface area contributed by atoms with Crippen LogP contribution in [0.4, 0.5) is 5.69 Å². The molecule has 144 valence electrons. The molecular formula is C19H15ClN2O6. The van der Waals surface area contributed by atoms with E-state index in [4.69, 9.17) is 25.8 Å². The first-order chi connectivity index (χ1) is 13.4. The minimum absolute atomic E-state index is 0.0177. The Bertz CT molecular complexity index is 1020. The first-order valence-corrected chi connectivity index (χ1v) is 8.58. The summed E-state index contributed by atoms with van der Waals surface area (Å²) in [4.78, 5) is 26.7. The van der Waals surface area contributed by atoms with Gasteiger partial charge in [0, 0.05) is 11.6 Å². The number of ether oxygens (including phenoxy) is 3. The number of hydrogen-bond acceptors (Lipinski definition) is 7. The second-order valence-electron chi connectivity index (χ2n) is 5.60. The molecule has 1 heterocycles. The highest BCUT2D eigenvalue weighted by molar-refractivity contribution is 6.32. The van der Waals surface area contributed by atoms with Crippen LogP contribution in [-0.4, -0.2) is 30.5 Å². The lowest BCUT2D eigenvalue weighted by atomic mass is 10.1. The Labute approximate surface area is 165 Å². The van der Waals surface area contributed by atoms with E-state index in [1.54, 1.807) is 18.2 Å². The summed E-state index contributed by atoms with van der Waals surface area (Å²) in [7, 11) is 1.52. The molecule has 0 radical (unpaired) electrons. The quantitative estimate of drug-likeness (QED) is 0.313. The largest absolute Gasteiger partial charge is 0.493 e. The molecule has 28 heavy (non-hydrogen) atoms. The number of nitro benzene ring substituents is 1. The molecule has 0 bridgehead atoms. The normalized spacial score (nSPS) is 14.6. The molecule has 0 spiro atoms. The number of hydrogen-bond donors (Lipinski definition) is 0. The second-order valence-corrected chi connectivity index (χ2v) is 6.01. The van der Waals surface area contributed by atoms with E-state index < -0.39 is 10.9 Å². The van der Waals surface area contributed by atoms with E-state index in [0.29, 0.717) is 23.7 Å². The van der Waals surface area contributed by atoms with Crippen molar-refractivity contribution in [3.8, 4) is 11.5 Å². The van der Waals surface area contributed by atoms with Gasteiger partial charge in [0.25, 0.3) is 5.69 Å². The van der Waals surface area contributed by atoms with Gasteiger partial charge in [-0.25, -0.2) is 9.79 Å². The highest BCUT2D eigenvalue weighted by atomic mass is 35.5. The molecule has 0 saturated carbocycles. The van der Waals surface area contributed by atoms with E-state index >= 15 is 0 Å². The Hall–Kier alpha value is -3.39. The summed E-state index contributed by atoms with van der Waals surface area (Å²) in [5.41, 5.74) is 0.682. The van der Waals surface area contributed by atoms with Crippen LogP contribution < -0.4 is 9.47 Å². The summed E-state index contributed by atoms with van der Waals surface area (Å²) < 4.78 is 15.9. The molecule has 1 aliphatic rings. The van der Waals surface area contributed by atoms with Gasteiger partial charge in [-0.1, -0.05) is 17.7 Å². The molecule has 0 aliphatic carbocycles. The maximum Gasteiger partial charge on any atom is 0.363 e. The van der Waals surface area contributed by atoms with Gasteiger partial charge in [-0.05, 0) is 42.8 Å². The second kappa shape index (κ2) is 8.10. The van der Waals surface area contributed by atoms with Crippen LogP contribution in [0.1, 0.15) is 18.1 Å². The van der Waals surface area contributed by atoms with Gasteiger partial charge < -0.3 is 14.2 Å². The predicted octanol–water partition coefficient (Wildman–Crippen LogP) is 4.00. The van der Waals surface area contributed by atoms with Gasteiger partial charge in [0.1, 0.15) is 5.02 Å². The Kier molecular flexibility index (Phi) is 5.60. The van der Waals surface area contributed by atoms with Crippen molar-refractivity contribution in [1.82, 2.24) is 0 Å². The summed E-state index contributed by atoms with van der Waals surface area (Å²) in [6.45, 7) is 2.35. The van der Waals surface area contributed by atoms with Crippen molar-refractivity contribution in [3.05, 3.63) is 68.4 Å². The van der Waals surface area contributed by atoms with Crippen molar-refractivity contribution in [1.29, 1.82) is 0 Å². The number of carbonyl (C=O) groups excluding carboxylic acids is 1. The molecule has 0 fully saturated rings. The fourth-order valence-corrected chi connectivity index (χ4v) is 2.71. The summed E-state index contributed by atoms with van der Waals surface area (Å²) in [5, 5.41) is 11.0. The molecule has 8 nitrogen and oxygen atoms in total. The minimum atomic E-state index is -0.666. The summed E-state index contributed by atoms with van der Waals surface area (Å²) in [6.07, 6.45) is 1.53. The Morgan fingerprint density at radius 2 is 2.04 bits per heavy atom. The average Bonchev–Trinajstić information content (AvgIpc) is 3.03. The number of carbonyl (C=O) groups is 1. The highest BCUT2D eigenvalue weighted by Gasteiger charge is 2.26. The number of esters is 1. The summed E-state index contributed by atoms with van der Waals surface area (Å²) >= 11 is 5.80. The van der Waals surface area contributed by atoms with Gasteiger partial charge in [-0.2, -0.15) is 0 Å². The van der Waals surface area contributed by atoms with Crippen LogP contribution in [0.15, 0.2) is 47.1 Å². The van der Waals surface area contributed by atoms with Gasteiger partial charge in [0.05, 0.1) is 18.6 Å². The first kappa shape index (κ1) is 19.4. The number of rotatable bonds is 6. The van der Waals surface area contributed by atoms with E-state index in [9.17, 15) is 14.9 Å². The van der Waals surface area contributed by atoms with Gasteiger partial charge in [0.2, 0.25) is 5.90 Å². The van der Waals surface area contributed by atoms with Gasteiger partial charge in [-0.15, -0.1) is 0 Å². The molecule has 2 aromatic carbocycles. The first-order valence-electron chi connectivity index (χ1n) is 8.20. The lowest BCUT2D eigenvalue weighted by molar-refractivity contribution is -0.384. The van der Waals surface area contributed by atoms with Crippen molar-refractivity contribution in [2.75, 3.05) is 13.7 Å². The summed E-state index contributed by atoms with van der Waals surface area (Å²) in [5.74, 6) is 0.397. The summed E-state index contributed by atoms with van der Waals surface area (Å²) in [6, 6.07) is 9.22. The van der Waals surface area contributed by atoms with Crippen molar-refractivity contribution >= 4 is 35.2 Å². The van der Waals surface area contributed by atoms with Crippen LogP contribution in [0.5, 0.6) is 11.5 Å². The third kappa shape index (κ3) is 3.96. The third-order valence-electron chi connectivity index (χ3n) is 3.80. The standard InChI is InChI=1S/C19H15ClN2O6/c1-3-27-16-7-4-11(9-17(16)26-2)8-14-19(23)28-18(21-14)12-5-6-13(20)15(10-12)22(24)25/h4-10H,3H2,1-2H3/b14-8-. The zero-order valence-electron chi connectivity index (χ0n) is 15.0. The van der Waals surface area contributed by atoms with Crippen molar-refractivity contribution in [2.45, 2.75) is 6.92 Å². The lowest BCUT2D eigenvalue weighted by Gasteiger charge is -2.09. The number of halogens is 1. The molecule has 0 saturated heterocycles. The maximum absolute atomic E-state index is 12.2. The Balaban J connectivity index is 1.94. The van der Waals surface area contributed by atoms with Crippen LogP contribution in [-0.2, 0) is 9.53 Å². The van der Waals surface area contributed by atoms with E-state index in [2.05, 4.69) is 4.99 Å². The van der Waals surface area contributed by atoms with Crippen LogP contribution in [0, 0.1) is 10.1 Å².